The number of carbonyl (C=O) groups excluding carboxylic acids is 1. The summed E-state index contributed by atoms with van der Waals surface area (Å²) in [5, 5.41) is 2.76. The van der Waals surface area contributed by atoms with Gasteiger partial charge in [-0.15, -0.1) is 0 Å². The zero-order valence-electron chi connectivity index (χ0n) is 15.3. The fourth-order valence-corrected chi connectivity index (χ4v) is 3.90. The molecular formula is C20H23F2N3OS. The summed E-state index contributed by atoms with van der Waals surface area (Å²) in [7, 11) is 0. The zero-order valence-corrected chi connectivity index (χ0v) is 16.1. The Morgan fingerprint density at radius 3 is 2.41 bits per heavy atom. The first-order valence-corrected chi connectivity index (χ1v) is 9.74. The van der Waals surface area contributed by atoms with Crippen LogP contribution in [-0.4, -0.2) is 47.8 Å². The third-order valence-electron chi connectivity index (χ3n) is 4.45. The molecule has 1 aliphatic rings. The number of hydrogen-bond donors (Lipinski definition) is 1. The molecule has 1 fully saturated rings. The van der Waals surface area contributed by atoms with Gasteiger partial charge in [-0.1, -0.05) is 6.07 Å². The number of carbonyl (C=O) groups is 1. The predicted octanol–water partition coefficient (Wildman–Crippen LogP) is 3.79. The van der Waals surface area contributed by atoms with Crippen LogP contribution in [0.15, 0.2) is 47.4 Å². The number of hydrogen-bond acceptors (Lipinski definition) is 4. The molecule has 1 amide bonds. The van der Waals surface area contributed by atoms with Gasteiger partial charge in [0.15, 0.2) is 0 Å². The number of anilines is 1. The maximum absolute atomic E-state index is 13.7. The van der Waals surface area contributed by atoms with E-state index >= 15 is 0 Å². The third-order valence-corrected chi connectivity index (χ3v) is 5.56. The van der Waals surface area contributed by atoms with E-state index in [2.05, 4.69) is 14.5 Å². The average molecular weight is 391 g/mol. The summed E-state index contributed by atoms with van der Waals surface area (Å²) in [6, 6.07) is 11.6. The minimum atomic E-state index is -0.535. The van der Waals surface area contributed by atoms with Crippen molar-refractivity contribution in [1.29, 1.82) is 0 Å². The second-order valence-corrected chi connectivity index (χ2v) is 7.72. The van der Waals surface area contributed by atoms with Crippen molar-refractivity contribution in [2.45, 2.75) is 18.2 Å². The van der Waals surface area contributed by atoms with Gasteiger partial charge in [-0.05, 0) is 54.3 Å². The molecule has 1 heterocycles. The highest BCUT2D eigenvalue weighted by atomic mass is 32.2. The molecule has 27 heavy (non-hydrogen) atoms. The van der Waals surface area contributed by atoms with Crippen LogP contribution in [0.3, 0.4) is 0 Å². The summed E-state index contributed by atoms with van der Waals surface area (Å²) in [5.74, 6) is -1.08. The van der Waals surface area contributed by atoms with E-state index in [1.54, 1.807) is 11.9 Å². The van der Waals surface area contributed by atoms with Crippen molar-refractivity contribution in [2.24, 2.45) is 0 Å². The first kappa shape index (κ1) is 19.8. The van der Waals surface area contributed by atoms with E-state index in [1.807, 2.05) is 24.3 Å². The molecule has 0 saturated carbocycles. The van der Waals surface area contributed by atoms with Crippen molar-refractivity contribution in [1.82, 2.24) is 9.21 Å². The molecule has 0 aromatic heterocycles. The number of nitrogens with one attached hydrogen (secondary N) is 1. The molecule has 0 unspecified atom stereocenters. The molecule has 4 nitrogen and oxygen atoms in total. The Kier molecular flexibility index (Phi) is 6.82. The van der Waals surface area contributed by atoms with Crippen LogP contribution in [0.1, 0.15) is 12.5 Å². The number of halogens is 2. The van der Waals surface area contributed by atoms with E-state index in [1.165, 1.54) is 19.1 Å². The molecule has 2 aromatic rings. The summed E-state index contributed by atoms with van der Waals surface area (Å²) in [6.45, 7) is 5.94. The lowest BCUT2D eigenvalue weighted by atomic mass is 10.1. The first-order valence-electron chi connectivity index (χ1n) is 8.96. The van der Waals surface area contributed by atoms with E-state index < -0.39 is 11.6 Å². The number of piperazine rings is 1. The molecule has 144 valence electrons. The van der Waals surface area contributed by atoms with E-state index in [0.29, 0.717) is 12.0 Å². The Morgan fingerprint density at radius 2 is 1.78 bits per heavy atom. The van der Waals surface area contributed by atoms with Crippen molar-refractivity contribution in [3.05, 3.63) is 59.7 Å². The van der Waals surface area contributed by atoms with Gasteiger partial charge in [0, 0.05) is 56.3 Å². The number of nitrogens with zero attached hydrogens (tertiary/aromatic N) is 2. The van der Waals surface area contributed by atoms with Crippen LogP contribution in [0.2, 0.25) is 0 Å². The summed E-state index contributed by atoms with van der Waals surface area (Å²) in [5.41, 5.74) is 1.36. The second kappa shape index (κ2) is 9.30. The molecule has 3 rings (SSSR count). The molecule has 0 atom stereocenters. The van der Waals surface area contributed by atoms with Gasteiger partial charge in [-0.25, -0.2) is 13.1 Å². The van der Waals surface area contributed by atoms with Crippen molar-refractivity contribution in [2.75, 3.05) is 38.0 Å². The lowest BCUT2D eigenvalue weighted by Crippen LogP contribution is -2.44. The van der Waals surface area contributed by atoms with Crippen LogP contribution in [0.25, 0.3) is 0 Å². The lowest BCUT2D eigenvalue weighted by molar-refractivity contribution is -0.114. The fourth-order valence-electron chi connectivity index (χ4n) is 3.00. The largest absolute Gasteiger partial charge is 0.326 e. The molecule has 0 aliphatic carbocycles. The minimum absolute atomic E-state index is 0.0768. The highest BCUT2D eigenvalue weighted by Gasteiger charge is 2.18. The SMILES string of the molecule is CC(=O)Nc1ccc(SN2CCN(CCc3ccc(F)cc3F)CC2)cc1. The normalized spacial score (nSPS) is 15.7. The Bertz CT molecular complexity index is 777. The molecule has 7 heteroatoms. The van der Waals surface area contributed by atoms with E-state index in [-0.39, 0.29) is 5.91 Å². The predicted molar refractivity (Wildman–Crippen MR) is 105 cm³/mol. The number of rotatable bonds is 6. The number of amides is 1. The molecule has 1 saturated heterocycles. The molecule has 0 spiro atoms. The van der Waals surface area contributed by atoms with Gasteiger partial charge in [-0.2, -0.15) is 0 Å². The molecule has 0 bridgehead atoms. The minimum Gasteiger partial charge on any atom is -0.326 e. The second-order valence-electron chi connectivity index (χ2n) is 6.55. The van der Waals surface area contributed by atoms with E-state index in [4.69, 9.17) is 0 Å². The lowest BCUT2D eigenvalue weighted by Gasteiger charge is -2.33. The summed E-state index contributed by atoms with van der Waals surface area (Å²) in [6.07, 6.45) is 0.587. The Balaban J connectivity index is 1.42. The fraction of sp³-hybridized carbons (Fsp3) is 0.350. The highest BCUT2D eigenvalue weighted by molar-refractivity contribution is 7.97. The zero-order chi connectivity index (χ0) is 19.2. The maximum atomic E-state index is 13.7. The molecule has 0 radical (unpaired) electrons. The van der Waals surface area contributed by atoms with Crippen LogP contribution in [0, 0.1) is 11.6 Å². The van der Waals surface area contributed by atoms with Gasteiger partial charge in [0.05, 0.1) is 0 Å². The van der Waals surface area contributed by atoms with Crippen LogP contribution >= 0.6 is 11.9 Å². The molecule has 2 aromatic carbocycles. The van der Waals surface area contributed by atoms with Gasteiger partial charge in [0.25, 0.3) is 0 Å². The van der Waals surface area contributed by atoms with Gasteiger partial charge >= 0.3 is 0 Å². The highest BCUT2D eigenvalue weighted by Crippen LogP contribution is 2.25. The van der Waals surface area contributed by atoms with Gasteiger partial charge in [-0.3, -0.25) is 4.79 Å². The molecule has 1 N–H and O–H groups in total. The van der Waals surface area contributed by atoms with Crippen molar-refractivity contribution in [3.63, 3.8) is 0 Å². The first-order chi connectivity index (χ1) is 13.0. The van der Waals surface area contributed by atoms with Crippen molar-refractivity contribution in [3.8, 4) is 0 Å². The van der Waals surface area contributed by atoms with Crippen LogP contribution in [0.4, 0.5) is 14.5 Å². The van der Waals surface area contributed by atoms with E-state index in [0.717, 1.165) is 49.4 Å². The monoisotopic (exact) mass is 391 g/mol. The van der Waals surface area contributed by atoms with Gasteiger partial charge in [0.2, 0.25) is 5.91 Å². The van der Waals surface area contributed by atoms with Gasteiger partial charge in [0.1, 0.15) is 11.6 Å². The van der Waals surface area contributed by atoms with Crippen molar-refractivity contribution < 1.29 is 13.6 Å². The quantitative estimate of drug-likeness (QED) is 0.760. The molecule has 1 aliphatic heterocycles. The van der Waals surface area contributed by atoms with Crippen LogP contribution in [-0.2, 0) is 11.2 Å². The smallest absolute Gasteiger partial charge is 0.221 e. The van der Waals surface area contributed by atoms with E-state index in [9.17, 15) is 13.6 Å². The summed E-state index contributed by atoms with van der Waals surface area (Å²) >= 11 is 1.70. The standard InChI is InChI=1S/C20H23F2N3OS/c1-15(26)23-18-4-6-19(7-5-18)27-25-12-10-24(11-13-25)9-8-16-2-3-17(21)14-20(16)22/h2-7,14H,8-13H2,1H3,(H,23,26). The van der Waals surface area contributed by atoms with Crippen LogP contribution < -0.4 is 5.32 Å². The van der Waals surface area contributed by atoms with Crippen LogP contribution in [0.5, 0.6) is 0 Å². The number of benzene rings is 2. The Morgan fingerprint density at radius 1 is 1.07 bits per heavy atom. The third kappa shape index (κ3) is 6.02. The van der Waals surface area contributed by atoms with Crippen molar-refractivity contribution >= 4 is 23.5 Å². The molecular weight excluding hydrogens is 368 g/mol. The summed E-state index contributed by atoms with van der Waals surface area (Å²) in [4.78, 5) is 14.5. The Labute approximate surface area is 162 Å². The average Bonchev–Trinajstić information content (AvgIpc) is 2.63. The maximum Gasteiger partial charge on any atom is 0.221 e. The Hall–Kier alpha value is -1.96. The summed E-state index contributed by atoms with van der Waals surface area (Å²) < 4.78 is 29.0. The topological polar surface area (TPSA) is 35.6 Å². The van der Waals surface area contributed by atoms with Gasteiger partial charge < -0.3 is 10.2 Å².